The number of aromatic nitrogens is 5. The van der Waals surface area contributed by atoms with Gasteiger partial charge < -0.3 is 9.88 Å². The number of hydrogen-bond acceptors (Lipinski definition) is 5. The zero-order valence-electron chi connectivity index (χ0n) is 16.0. The summed E-state index contributed by atoms with van der Waals surface area (Å²) in [5.41, 5.74) is 3.98. The summed E-state index contributed by atoms with van der Waals surface area (Å²) in [6.45, 7) is 1.03. The van der Waals surface area contributed by atoms with Gasteiger partial charge in [-0.25, -0.2) is 9.97 Å². The average Bonchev–Trinajstić information content (AvgIpc) is 3.47. The number of amides is 1. The summed E-state index contributed by atoms with van der Waals surface area (Å²) >= 11 is 1.43. The van der Waals surface area contributed by atoms with Gasteiger partial charge in [-0.15, -0.1) is 11.3 Å². The van der Waals surface area contributed by atoms with Crippen molar-refractivity contribution in [3.63, 3.8) is 0 Å². The number of hydrogen-bond donors (Lipinski definition) is 1. The number of thiazole rings is 1. The second kappa shape index (κ2) is 7.29. The Morgan fingerprint density at radius 3 is 2.93 bits per heavy atom. The van der Waals surface area contributed by atoms with Crippen LogP contribution in [-0.4, -0.2) is 30.2 Å². The van der Waals surface area contributed by atoms with E-state index >= 15 is 0 Å². The van der Waals surface area contributed by atoms with Crippen LogP contribution in [0.25, 0.3) is 21.8 Å². The molecule has 1 aliphatic rings. The maximum absolute atomic E-state index is 12.7. The fraction of sp³-hybridized carbons (Fsp3) is 0.238. The Balaban J connectivity index is 1.34. The van der Waals surface area contributed by atoms with Gasteiger partial charge in [0.05, 0.1) is 11.9 Å². The highest BCUT2D eigenvalue weighted by molar-refractivity contribution is 7.13. The molecule has 3 aromatic heterocycles. The van der Waals surface area contributed by atoms with Gasteiger partial charge in [-0.05, 0) is 25.0 Å². The van der Waals surface area contributed by atoms with Gasteiger partial charge in [0.15, 0.2) is 0 Å². The van der Waals surface area contributed by atoms with Gasteiger partial charge in [-0.3, -0.25) is 9.48 Å². The fourth-order valence-electron chi connectivity index (χ4n) is 3.55. The number of nitrogens with one attached hydrogen (secondary N) is 1. The third kappa shape index (κ3) is 3.58. The lowest BCUT2D eigenvalue weighted by Gasteiger charge is -2.11. The number of carbonyl (C=O) groups excluding carboxylic acids is 1. The van der Waals surface area contributed by atoms with Crippen LogP contribution in [0.3, 0.4) is 0 Å². The summed E-state index contributed by atoms with van der Waals surface area (Å²) in [4.78, 5) is 21.9. The van der Waals surface area contributed by atoms with Crippen LogP contribution in [0.5, 0.6) is 0 Å². The zero-order valence-corrected chi connectivity index (χ0v) is 16.8. The quantitative estimate of drug-likeness (QED) is 0.558. The van der Waals surface area contributed by atoms with E-state index in [4.69, 9.17) is 4.98 Å². The van der Waals surface area contributed by atoms with E-state index in [-0.39, 0.29) is 5.91 Å². The molecule has 29 heavy (non-hydrogen) atoms. The molecule has 0 unspecified atom stereocenters. The van der Waals surface area contributed by atoms with E-state index in [1.54, 1.807) is 16.3 Å². The first-order valence-electron chi connectivity index (χ1n) is 9.58. The van der Waals surface area contributed by atoms with E-state index in [0.717, 1.165) is 46.3 Å². The highest BCUT2D eigenvalue weighted by Crippen LogP contribution is 2.26. The van der Waals surface area contributed by atoms with Gasteiger partial charge in [0.25, 0.3) is 5.91 Å². The maximum atomic E-state index is 12.7. The predicted octanol–water partition coefficient (Wildman–Crippen LogP) is 4.00. The summed E-state index contributed by atoms with van der Waals surface area (Å²) in [6.07, 6.45) is 9.16. The van der Waals surface area contributed by atoms with Crippen molar-refractivity contribution >= 4 is 22.9 Å². The Kier molecular flexibility index (Phi) is 4.48. The Morgan fingerprint density at radius 2 is 2.10 bits per heavy atom. The summed E-state index contributed by atoms with van der Waals surface area (Å²) in [5, 5.41) is 9.65. The number of fused-ring (bicyclic) bond motifs is 1. The van der Waals surface area contributed by atoms with E-state index in [1.807, 2.05) is 37.5 Å². The van der Waals surface area contributed by atoms with Crippen molar-refractivity contribution in [1.29, 1.82) is 0 Å². The normalized spacial score (nSPS) is 13.3. The molecule has 4 heterocycles. The molecule has 1 aliphatic heterocycles. The molecule has 8 heteroatoms. The maximum Gasteiger partial charge on any atom is 0.275 e. The van der Waals surface area contributed by atoms with Crippen LogP contribution >= 0.6 is 11.3 Å². The fourth-order valence-corrected chi connectivity index (χ4v) is 4.32. The largest absolute Gasteiger partial charge is 0.334 e. The molecule has 0 atom stereocenters. The van der Waals surface area contributed by atoms with Crippen LogP contribution in [0.4, 0.5) is 5.69 Å². The van der Waals surface area contributed by atoms with Crippen molar-refractivity contribution in [3.8, 4) is 21.8 Å². The Hall–Kier alpha value is -3.26. The second-order valence-corrected chi connectivity index (χ2v) is 8.03. The Labute approximate surface area is 172 Å². The smallest absolute Gasteiger partial charge is 0.275 e. The molecular formula is C21H20N6OS. The number of carbonyl (C=O) groups is 1. The lowest BCUT2D eigenvalue weighted by Crippen LogP contribution is -2.12. The standard InChI is InChI=1S/C21H20N6OS/c1-26-11-15(10-22-26)21-25-18(13-29-21)20(28)23-16-6-4-5-14(9-16)17-12-27-8-3-2-7-19(27)24-17/h4-6,9-13H,2-3,7-8H2,1H3,(H,23,28). The zero-order chi connectivity index (χ0) is 19.8. The molecule has 1 aromatic carbocycles. The van der Waals surface area contributed by atoms with Crippen LogP contribution in [0.15, 0.2) is 48.2 Å². The first kappa shape index (κ1) is 17.8. The molecule has 4 aromatic rings. The van der Waals surface area contributed by atoms with Gasteiger partial charge in [0.1, 0.15) is 16.5 Å². The number of nitrogens with zero attached hydrogens (tertiary/aromatic N) is 5. The lowest BCUT2D eigenvalue weighted by atomic mass is 10.1. The van der Waals surface area contributed by atoms with Crippen LogP contribution < -0.4 is 5.32 Å². The molecule has 0 bridgehead atoms. The highest BCUT2D eigenvalue weighted by Gasteiger charge is 2.15. The molecule has 0 aliphatic carbocycles. The predicted molar refractivity (Wildman–Crippen MR) is 113 cm³/mol. The van der Waals surface area contributed by atoms with Crippen molar-refractivity contribution < 1.29 is 4.79 Å². The Morgan fingerprint density at radius 1 is 1.17 bits per heavy atom. The van der Waals surface area contributed by atoms with E-state index in [1.165, 1.54) is 24.2 Å². The highest BCUT2D eigenvalue weighted by atomic mass is 32.1. The second-order valence-electron chi connectivity index (χ2n) is 7.17. The van der Waals surface area contributed by atoms with Crippen molar-refractivity contribution in [2.45, 2.75) is 25.8 Å². The summed E-state index contributed by atoms with van der Waals surface area (Å²) in [5.74, 6) is 0.920. The first-order chi connectivity index (χ1) is 14.2. The minimum absolute atomic E-state index is 0.224. The number of rotatable bonds is 4. The molecule has 0 fully saturated rings. The summed E-state index contributed by atoms with van der Waals surface area (Å²) in [6, 6.07) is 7.80. The first-order valence-corrected chi connectivity index (χ1v) is 10.5. The average molecular weight is 404 g/mol. The van der Waals surface area contributed by atoms with Gasteiger partial charge >= 0.3 is 0 Å². The van der Waals surface area contributed by atoms with Crippen LogP contribution in [0, 0.1) is 0 Å². The van der Waals surface area contributed by atoms with Crippen LogP contribution in [0.2, 0.25) is 0 Å². The van der Waals surface area contributed by atoms with Gasteiger partial charge in [-0.2, -0.15) is 5.10 Å². The summed E-state index contributed by atoms with van der Waals surface area (Å²) < 4.78 is 3.95. The molecular weight excluding hydrogens is 384 g/mol. The number of benzene rings is 1. The SMILES string of the molecule is Cn1cc(-c2nc(C(=O)Nc3cccc(-c4cn5c(n4)CCCC5)c3)cs2)cn1. The van der Waals surface area contributed by atoms with Crippen LogP contribution in [-0.2, 0) is 20.0 Å². The number of aryl methyl sites for hydroxylation is 3. The third-order valence-corrected chi connectivity index (χ3v) is 5.90. The molecule has 146 valence electrons. The van der Waals surface area contributed by atoms with Crippen molar-refractivity contribution in [1.82, 2.24) is 24.3 Å². The van der Waals surface area contributed by atoms with Gasteiger partial charge in [0, 0.05) is 54.6 Å². The Bertz CT molecular complexity index is 1160. The molecule has 0 saturated heterocycles. The third-order valence-electron chi connectivity index (χ3n) is 5.01. The molecule has 0 radical (unpaired) electrons. The number of anilines is 1. The van der Waals surface area contributed by atoms with Gasteiger partial charge in [0.2, 0.25) is 0 Å². The van der Waals surface area contributed by atoms with E-state index < -0.39 is 0 Å². The van der Waals surface area contributed by atoms with Crippen molar-refractivity contribution in [3.05, 3.63) is 59.8 Å². The molecule has 7 nitrogen and oxygen atoms in total. The topological polar surface area (TPSA) is 77.6 Å². The lowest BCUT2D eigenvalue weighted by molar-refractivity contribution is 0.102. The van der Waals surface area contributed by atoms with Gasteiger partial charge in [-0.1, -0.05) is 12.1 Å². The van der Waals surface area contributed by atoms with Crippen molar-refractivity contribution in [2.24, 2.45) is 7.05 Å². The van der Waals surface area contributed by atoms with Crippen molar-refractivity contribution in [2.75, 3.05) is 5.32 Å². The summed E-state index contributed by atoms with van der Waals surface area (Å²) in [7, 11) is 1.86. The molecule has 1 N–H and O–H groups in total. The monoisotopic (exact) mass is 404 g/mol. The minimum Gasteiger partial charge on any atom is -0.334 e. The van der Waals surface area contributed by atoms with Crippen LogP contribution in [0.1, 0.15) is 29.2 Å². The van der Waals surface area contributed by atoms with E-state index in [2.05, 4.69) is 26.2 Å². The minimum atomic E-state index is -0.224. The van der Waals surface area contributed by atoms with E-state index in [9.17, 15) is 4.79 Å². The molecule has 0 spiro atoms. The molecule has 5 rings (SSSR count). The van der Waals surface area contributed by atoms with E-state index in [0.29, 0.717) is 5.69 Å². The number of imidazole rings is 1. The molecule has 1 amide bonds. The molecule has 0 saturated carbocycles.